The molecule has 0 heterocycles. The van der Waals surface area contributed by atoms with Gasteiger partial charge in [0, 0.05) is 5.57 Å². The highest BCUT2D eigenvalue weighted by atomic mass is 16.6. The number of hydrogen-bond acceptors (Lipinski definition) is 6. The van der Waals surface area contributed by atoms with E-state index in [0.29, 0.717) is 5.57 Å². The number of carbonyl (C=O) groups excluding carboxylic acids is 2. The fourth-order valence-electron chi connectivity index (χ4n) is 1.07. The van der Waals surface area contributed by atoms with Crippen LogP contribution in [0, 0.1) is 0 Å². The highest BCUT2D eigenvalue weighted by Crippen LogP contribution is 2.08. The Bertz CT molecular complexity index is 427. The molecule has 0 N–H and O–H groups in total. The molecule has 120 valence electrons. The molecule has 0 fully saturated rings. The van der Waals surface area contributed by atoms with Crippen molar-refractivity contribution in [1.29, 1.82) is 0 Å². The van der Waals surface area contributed by atoms with Crippen LogP contribution >= 0.6 is 0 Å². The van der Waals surface area contributed by atoms with E-state index in [0.717, 1.165) is 0 Å². The van der Waals surface area contributed by atoms with Crippen molar-refractivity contribution < 1.29 is 19.1 Å². The quantitative estimate of drug-likeness (QED) is 0.306. The Labute approximate surface area is 127 Å². The molecule has 6 nitrogen and oxygen atoms in total. The lowest BCUT2D eigenvalue weighted by atomic mass is 10.2. The van der Waals surface area contributed by atoms with E-state index in [1.165, 1.54) is 6.08 Å². The normalized spacial score (nSPS) is 14.8. The number of hydrogen-bond donors (Lipinski definition) is 0. The maximum atomic E-state index is 11.8. The van der Waals surface area contributed by atoms with Gasteiger partial charge in [0.15, 0.2) is 12.5 Å². The molecule has 0 aliphatic carbocycles. The Hall–Kier alpha value is -1.66. The minimum absolute atomic E-state index is 0.107. The first-order chi connectivity index (χ1) is 9.56. The SMILES string of the molecule is C=C(/C=C(\C)C(=O)OC(C)N(C)C)C(=O)OC(C)N(C)C. The minimum atomic E-state index is -0.566. The van der Waals surface area contributed by atoms with E-state index in [2.05, 4.69) is 6.58 Å². The fourth-order valence-corrected chi connectivity index (χ4v) is 1.07. The lowest BCUT2D eigenvalue weighted by Gasteiger charge is -2.20. The standard InChI is InChI=1S/C15H26N2O4/c1-10(14(18)20-12(3)16(5)6)9-11(2)15(19)21-13(4)17(7)8/h9,12-13H,1H2,2-8H3/b11-9+. The molecule has 0 amide bonds. The summed E-state index contributed by atoms with van der Waals surface area (Å²) >= 11 is 0. The van der Waals surface area contributed by atoms with Crippen LogP contribution in [0.1, 0.15) is 20.8 Å². The molecule has 0 saturated heterocycles. The monoisotopic (exact) mass is 298 g/mol. The van der Waals surface area contributed by atoms with Gasteiger partial charge < -0.3 is 9.47 Å². The van der Waals surface area contributed by atoms with Crippen LogP contribution in [0.5, 0.6) is 0 Å². The molecule has 0 spiro atoms. The molecular formula is C15H26N2O4. The van der Waals surface area contributed by atoms with Gasteiger partial charge in [-0.15, -0.1) is 0 Å². The Morgan fingerprint density at radius 1 is 0.952 bits per heavy atom. The highest BCUT2D eigenvalue weighted by Gasteiger charge is 2.16. The second-order valence-electron chi connectivity index (χ2n) is 5.29. The number of rotatable bonds is 7. The van der Waals surface area contributed by atoms with Crippen molar-refractivity contribution in [1.82, 2.24) is 9.80 Å². The van der Waals surface area contributed by atoms with Gasteiger partial charge in [-0.2, -0.15) is 0 Å². The smallest absolute Gasteiger partial charge is 0.339 e. The molecular weight excluding hydrogens is 272 g/mol. The van der Waals surface area contributed by atoms with Gasteiger partial charge in [0.05, 0.1) is 5.57 Å². The summed E-state index contributed by atoms with van der Waals surface area (Å²) in [4.78, 5) is 27.1. The van der Waals surface area contributed by atoms with Gasteiger partial charge in [-0.05, 0) is 55.0 Å². The number of ether oxygens (including phenoxy) is 2. The van der Waals surface area contributed by atoms with Crippen LogP contribution in [0.3, 0.4) is 0 Å². The first-order valence-electron chi connectivity index (χ1n) is 6.68. The average Bonchev–Trinajstić information content (AvgIpc) is 2.37. The summed E-state index contributed by atoms with van der Waals surface area (Å²) in [6.45, 7) is 8.69. The Kier molecular flexibility index (Phi) is 7.91. The van der Waals surface area contributed by atoms with Crippen LogP contribution in [-0.2, 0) is 19.1 Å². The van der Waals surface area contributed by atoms with Crippen LogP contribution in [0.15, 0.2) is 23.8 Å². The van der Waals surface area contributed by atoms with Crippen LogP contribution in [0.2, 0.25) is 0 Å². The molecule has 21 heavy (non-hydrogen) atoms. The largest absolute Gasteiger partial charge is 0.443 e. The minimum Gasteiger partial charge on any atom is -0.443 e. The Morgan fingerprint density at radius 2 is 1.33 bits per heavy atom. The molecule has 0 aromatic heterocycles. The zero-order chi connectivity index (χ0) is 16.7. The van der Waals surface area contributed by atoms with Gasteiger partial charge in [-0.3, -0.25) is 9.80 Å². The second kappa shape index (κ2) is 8.59. The van der Waals surface area contributed by atoms with Gasteiger partial charge in [-0.25, -0.2) is 9.59 Å². The van der Waals surface area contributed by atoms with Gasteiger partial charge in [0.2, 0.25) is 0 Å². The first-order valence-corrected chi connectivity index (χ1v) is 6.68. The van der Waals surface area contributed by atoms with Crippen molar-refractivity contribution in [2.24, 2.45) is 0 Å². The van der Waals surface area contributed by atoms with Crippen molar-refractivity contribution >= 4 is 11.9 Å². The summed E-state index contributed by atoms with van der Waals surface area (Å²) in [5, 5.41) is 0. The molecule has 0 aliphatic rings. The lowest BCUT2D eigenvalue weighted by molar-refractivity contribution is -0.150. The predicted molar refractivity (Wildman–Crippen MR) is 81.4 cm³/mol. The first kappa shape index (κ1) is 19.3. The van der Waals surface area contributed by atoms with Gasteiger partial charge in [-0.1, -0.05) is 6.58 Å². The molecule has 0 aromatic rings. The number of esters is 2. The molecule has 0 rings (SSSR count). The van der Waals surface area contributed by atoms with Crippen molar-refractivity contribution in [2.45, 2.75) is 33.2 Å². The second-order valence-corrected chi connectivity index (χ2v) is 5.29. The zero-order valence-corrected chi connectivity index (χ0v) is 14.0. The van der Waals surface area contributed by atoms with E-state index < -0.39 is 11.9 Å². The van der Waals surface area contributed by atoms with Crippen LogP contribution in [0.4, 0.5) is 0 Å². The van der Waals surface area contributed by atoms with Crippen LogP contribution in [0.25, 0.3) is 0 Å². The van der Waals surface area contributed by atoms with E-state index in [-0.39, 0.29) is 18.0 Å². The third kappa shape index (κ3) is 7.06. The van der Waals surface area contributed by atoms with Crippen LogP contribution in [-0.4, -0.2) is 62.4 Å². The molecule has 0 aliphatic heterocycles. The molecule has 0 saturated carbocycles. The van der Waals surface area contributed by atoms with Gasteiger partial charge in [0.1, 0.15) is 0 Å². The molecule has 0 bridgehead atoms. The fraction of sp³-hybridized carbons (Fsp3) is 0.600. The van der Waals surface area contributed by atoms with E-state index in [1.54, 1.807) is 58.8 Å². The van der Waals surface area contributed by atoms with Crippen molar-refractivity contribution in [3.8, 4) is 0 Å². The molecule has 0 radical (unpaired) electrons. The van der Waals surface area contributed by atoms with Gasteiger partial charge >= 0.3 is 11.9 Å². The third-order valence-electron chi connectivity index (χ3n) is 2.98. The van der Waals surface area contributed by atoms with E-state index in [4.69, 9.17) is 9.47 Å². The summed E-state index contributed by atoms with van der Waals surface area (Å²) in [5.41, 5.74) is 0.402. The summed E-state index contributed by atoms with van der Waals surface area (Å²) in [5.74, 6) is -1.06. The number of nitrogens with zero attached hydrogens (tertiary/aromatic N) is 2. The third-order valence-corrected chi connectivity index (χ3v) is 2.98. The summed E-state index contributed by atoms with van der Waals surface area (Å²) in [7, 11) is 7.19. The summed E-state index contributed by atoms with van der Waals surface area (Å²) in [6.07, 6.45) is 0.647. The molecule has 2 unspecified atom stereocenters. The zero-order valence-electron chi connectivity index (χ0n) is 14.0. The van der Waals surface area contributed by atoms with Crippen LogP contribution < -0.4 is 0 Å². The average molecular weight is 298 g/mol. The van der Waals surface area contributed by atoms with Crippen molar-refractivity contribution in [3.63, 3.8) is 0 Å². The molecule has 6 heteroatoms. The van der Waals surface area contributed by atoms with E-state index >= 15 is 0 Å². The Morgan fingerprint density at radius 3 is 1.71 bits per heavy atom. The van der Waals surface area contributed by atoms with E-state index in [1.807, 2.05) is 0 Å². The number of carbonyl (C=O) groups is 2. The van der Waals surface area contributed by atoms with E-state index in [9.17, 15) is 9.59 Å². The summed E-state index contributed by atoms with van der Waals surface area (Å²) < 4.78 is 10.3. The topological polar surface area (TPSA) is 59.1 Å². The maximum Gasteiger partial charge on any atom is 0.339 e. The Balaban J connectivity index is 4.65. The van der Waals surface area contributed by atoms with Crippen molar-refractivity contribution in [3.05, 3.63) is 23.8 Å². The van der Waals surface area contributed by atoms with Crippen molar-refractivity contribution in [2.75, 3.05) is 28.2 Å². The summed E-state index contributed by atoms with van der Waals surface area (Å²) in [6, 6.07) is 0. The highest BCUT2D eigenvalue weighted by molar-refractivity contribution is 5.95. The predicted octanol–water partition coefficient (Wildman–Crippen LogP) is 1.39. The lowest BCUT2D eigenvalue weighted by Crippen LogP contribution is -2.31. The van der Waals surface area contributed by atoms with Gasteiger partial charge in [0.25, 0.3) is 0 Å². The molecule has 0 aromatic carbocycles. The maximum absolute atomic E-state index is 11.8. The molecule has 2 atom stereocenters.